The number of nitrogens with zero attached hydrogens (tertiary/aromatic N) is 4. The maximum absolute atomic E-state index is 9.72. The molecule has 0 saturated heterocycles. The van der Waals surface area contributed by atoms with Gasteiger partial charge in [-0.1, -0.05) is 6.42 Å². The van der Waals surface area contributed by atoms with Gasteiger partial charge >= 0.3 is 0 Å². The van der Waals surface area contributed by atoms with Gasteiger partial charge in [-0.3, -0.25) is 0 Å². The summed E-state index contributed by atoms with van der Waals surface area (Å²) in [7, 11) is 3.82. The third-order valence-electron chi connectivity index (χ3n) is 3.66. The van der Waals surface area contributed by atoms with Crippen LogP contribution in [0.1, 0.15) is 32.6 Å². The fourth-order valence-corrected chi connectivity index (χ4v) is 2.56. The Morgan fingerprint density at radius 3 is 2.48 bits per heavy atom. The molecule has 2 rings (SSSR count). The number of aliphatic hydroxyl groups excluding tert-OH is 1. The van der Waals surface area contributed by atoms with Crippen LogP contribution in [-0.2, 0) is 0 Å². The molecule has 1 saturated carbocycles. The van der Waals surface area contributed by atoms with Gasteiger partial charge in [-0.2, -0.15) is 15.0 Å². The zero-order valence-electron chi connectivity index (χ0n) is 13.1. The maximum Gasteiger partial charge on any atom is 0.231 e. The predicted molar refractivity (Wildman–Crippen MR) is 84.8 cm³/mol. The summed E-state index contributed by atoms with van der Waals surface area (Å²) in [6.45, 7) is 3.57. The fraction of sp³-hybridized carbons (Fsp3) is 0.786. The number of aliphatic hydroxyl groups is 1. The van der Waals surface area contributed by atoms with Crippen LogP contribution in [0.3, 0.4) is 0 Å². The van der Waals surface area contributed by atoms with Crippen LogP contribution in [0, 0.1) is 5.92 Å². The number of nitrogens with one attached hydrogen (secondary N) is 2. The highest BCUT2D eigenvalue weighted by molar-refractivity contribution is 5.42. The van der Waals surface area contributed by atoms with Gasteiger partial charge in [0.2, 0.25) is 17.8 Å². The summed E-state index contributed by atoms with van der Waals surface area (Å²) < 4.78 is 0. The third kappa shape index (κ3) is 4.70. The lowest BCUT2D eigenvalue weighted by atomic mass is 9.87. The van der Waals surface area contributed by atoms with Gasteiger partial charge in [-0.15, -0.1) is 0 Å². The molecule has 3 N–H and O–H groups in total. The molecule has 0 aromatic carbocycles. The number of hydrogen-bond donors (Lipinski definition) is 3. The van der Waals surface area contributed by atoms with Crippen molar-refractivity contribution in [2.75, 3.05) is 42.7 Å². The lowest BCUT2D eigenvalue weighted by Crippen LogP contribution is -2.26. The van der Waals surface area contributed by atoms with E-state index in [1.807, 2.05) is 25.9 Å². The molecule has 0 aliphatic heterocycles. The van der Waals surface area contributed by atoms with E-state index in [2.05, 4.69) is 25.6 Å². The van der Waals surface area contributed by atoms with Crippen LogP contribution in [-0.4, -0.2) is 53.3 Å². The highest BCUT2D eigenvalue weighted by atomic mass is 16.3. The van der Waals surface area contributed by atoms with Gasteiger partial charge in [0, 0.05) is 27.2 Å². The van der Waals surface area contributed by atoms with Crippen molar-refractivity contribution in [3.8, 4) is 0 Å². The Morgan fingerprint density at radius 2 is 1.86 bits per heavy atom. The maximum atomic E-state index is 9.72. The van der Waals surface area contributed by atoms with Crippen LogP contribution in [0.4, 0.5) is 17.8 Å². The topological polar surface area (TPSA) is 86.2 Å². The van der Waals surface area contributed by atoms with Crippen molar-refractivity contribution in [3.63, 3.8) is 0 Å². The zero-order valence-corrected chi connectivity index (χ0v) is 13.1. The average Bonchev–Trinajstić information content (AvgIpc) is 2.45. The standard InChI is InChI=1S/C14H26N6O/c1-4-15-12-17-13(19-14(18-12)20(2)3)16-9-10-6-5-7-11(21)8-10/h10-11,21H,4-9H2,1-3H3,(H2,15,16,17,18,19). The summed E-state index contributed by atoms with van der Waals surface area (Å²) in [5, 5.41) is 16.1. The number of aromatic nitrogens is 3. The van der Waals surface area contributed by atoms with Crippen LogP contribution in [0.2, 0.25) is 0 Å². The predicted octanol–water partition coefficient (Wildman–Crippen LogP) is 1.33. The molecule has 1 fully saturated rings. The Kier molecular flexibility index (Phi) is 5.55. The fourth-order valence-electron chi connectivity index (χ4n) is 2.56. The molecule has 7 nitrogen and oxygen atoms in total. The first-order chi connectivity index (χ1) is 10.1. The minimum Gasteiger partial charge on any atom is -0.393 e. The van der Waals surface area contributed by atoms with Crippen molar-refractivity contribution in [2.45, 2.75) is 38.7 Å². The van der Waals surface area contributed by atoms with Crippen LogP contribution in [0.15, 0.2) is 0 Å². The molecular formula is C14H26N6O. The molecule has 7 heteroatoms. The van der Waals surface area contributed by atoms with Crippen LogP contribution >= 0.6 is 0 Å². The molecule has 1 heterocycles. The van der Waals surface area contributed by atoms with E-state index in [9.17, 15) is 5.11 Å². The second kappa shape index (κ2) is 7.40. The number of anilines is 3. The highest BCUT2D eigenvalue weighted by Gasteiger charge is 2.20. The largest absolute Gasteiger partial charge is 0.393 e. The molecule has 1 aliphatic rings. The van der Waals surface area contributed by atoms with E-state index < -0.39 is 0 Å². The van der Waals surface area contributed by atoms with Gasteiger partial charge in [0.1, 0.15) is 0 Å². The highest BCUT2D eigenvalue weighted by Crippen LogP contribution is 2.24. The molecule has 2 unspecified atom stereocenters. The van der Waals surface area contributed by atoms with Crippen LogP contribution < -0.4 is 15.5 Å². The summed E-state index contributed by atoms with van der Waals surface area (Å²) >= 11 is 0. The van der Waals surface area contributed by atoms with E-state index in [1.54, 1.807) is 0 Å². The first kappa shape index (κ1) is 15.8. The average molecular weight is 294 g/mol. The third-order valence-corrected chi connectivity index (χ3v) is 3.66. The summed E-state index contributed by atoms with van der Waals surface area (Å²) in [5.74, 6) is 2.29. The summed E-state index contributed by atoms with van der Waals surface area (Å²) in [4.78, 5) is 15.0. The van der Waals surface area contributed by atoms with E-state index in [4.69, 9.17) is 0 Å². The van der Waals surface area contributed by atoms with Gasteiger partial charge < -0.3 is 20.6 Å². The van der Waals surface area contributed by atoms with Gasteiger partial charge in [0.05, 0.1) is 6.10 Å². The minimum absolute atomic E-state index is 0.154. The zero-order chi connectivity index (χ0) is 15.2. The first-order valence-electron chi connectivity index (χ1n) is 7.67. The molecule has 1 aliphatic carbocycles. The Labute approximate surface area is 126 Å². The molecule has 118 valence electrons. The van der Waals surface area contributed by atoms with Crippen molar-refractivity contribution in [1.29, 1.82) is 0 Å². The molecule has 0 bridgehead atoms. The first-order valence-corrected chi connectivity index (χ1v) is 7.67. The van der Waals surface area contributed by atoms with Gasteiger partial charge in [0.15, 0.2) is 0 Å². The quantitative estimate of drug-likeness (QED) is 0.729. The van der Waals surface area contributed by atoms with E-state index in [0.717, 1.165) is 38.8 Å². The monoisotopic (exact) mass is 294 g/mol. The molecule has 1 aromatic rings. The van der Waals surface area contributed by atoms with Crippen molar-refractivity contribution in [3.05, 3.63) is 0 Å². The SMILES string of the molecule is CCNc1nc(NCC2CCCC(O)C2)nc(N(C)C)n1. The Balaban J connectivity index is 2.00. The summed E-state index contributed by atoms with van der Waals surface area (Å²) in [6, 6.07) is 0. The molecular weight excluding hydrogens is 268 g/mol. The summed E-state index contributed by atoms with van der Waals surface area (Å²) in [5.41, 5.74) is 0. The van der Waals surface area contributed by atoms with Crippen LogP contribution in [0.5, 0.6) is 0 Å². The molecule has 1 aromatic heterocycles. The summed E-state index contributed by atoms with van der Waals surface area (Å²) in [6.07, 6.45) is 3.88. The lowest BCUT2D eigenvalue weighted by Gasteiger charge is -2.26. The van der Waals surface area contributed by atoms with E-state index >= 15 is 0 Å². The molecule has 0 spiro atoms. The Bertz CT molecular complexity index is 453. The second-order valence-electron chi connectivity index (χ2n) is 5.77. The van der Waals surface area contributed by atoms with Crippen molar-refractivity contribution >= 4 is 17.8 Å². The van der Waals surface area contributed by atoms with Crippen molar-refractivity contribution in [1.82, 2.24) is 15.0 Å². The van der Waals surface area contributed by atoms with E-state index in [1.165, 1.54) is 0 Å². The normalized spacial score (nSPS) is 21.9. The van der Waals surface area contributed by atoms with Crippen molar-refractivity contribution in [2.24, 2.45) is 5.92 Å². The Hall–Kier alpha value is -1.63. The smallest absolute Gasteiger partial charge is 0.231 e. The van der Waals surface area contributed by atoms with Crippen molar-refractivity contribution < 1.29 is 5.11 Å². The van der Waals surface area contributed by atoms with E-state index in [0.29, 0.717) is 23.8 Å². The van der Waals surface area contributed by atoms with Gasteiger partial charge in [0.25, 0.3) is 0 Å². The van der Waals surface area contributed by atoms with E-state index in [-0.39, 0.29) is 6.10 Å². The molecule has 0 amide bonds. The molecule has 2 atom stereocenters. The van der Waals surface area contributed by atoms with Gasteiger partial charge in [-0.25, -0.2) is 0 Å². The number of rotatable bonds is 6. The second-order valence-corrected chi connectivity index (χ2v) is 5.77. The Morgan fingerprint density at radius 1 is 1.14 bits per heavy atom. The lowest BCUT2D eigenvalue weighted by molar-refractivity contribution is 0.104. The van der Waals surface area contributed by atoms with Crippen LogP contribution in [0.25, 0.3) is 0 Å². The number of hydrogen-bond acceptors (Lipinski definition) is 7. The molecule has 0 radical (unpaired) electrons. The van der Waals surface area contributed by atoms with Gasteiger partial charge in [-0.05, 0) is 32.1 Å². The minimum atomic E-state index is -0.154. The molecule has 21 heavy (non-hydrogen) atoms.